The van der Waals surface area contributed by atoms with E-state index in [2.05, 4.69) is 31.4 Å². The summed E-state index contributed by atoms with van der Waals surface area (Å²) in [6.07, 6.45) is 0.774. The Hall–Kier alpha value is -1.32. The van der Waals surface area contributed by atoms with E-state index in [9.17, 15) is 0 Å². The Morgan fingerprint density at radius 1 is 1.35 bits per heavy atom. The second kappa shape index (κ2) is 7.46. The van der Waals surface area contributed by atoms with Crippen LogP contribution in [0.3, 0.4) is 0 Å². The van der Waals surface area contributed by atoms with Gasteiger partial charge < -0.3 is 15.4 Å². The summed E-state index contributed by atoms with van der Waals surface area (Å²) >= 11 is 0. The van der Waals surface area contributed by atoms with Gasteiger partial charge in [-0.05, 0) is 44.1 Å². The molecule has 0 aliphatic rings. The third kappa shape index (κ3) is 4.36. The number of nitrogens with zero attached hydrogens (tertiary/aromatic N) is 1. The summed E-state index contributed by atoms with van der Waals surface area (Å²) in [7, 11) is 1.68. The monoisotopic (exact) mass is 276 g/mol. The first kappa shape index (κ1) is 16.7. The first-order valence-corrected chi connectivity index (χ1v) is 7.25. The van der Waals surface area contributed by atoms with Crippen LogP contribution in [0.2, 0.25) is 0 Å². The molecule has 20 heavy (non-hydrogen) atoms. The predicted molar refractivity (Wildman–Crippen MR) is 86.1 cm³/mol. The summed E-state index contributed by atoms with van der Waals surface area (Å²) in [6.45, 7) is 13.2. The molecule has 1 aromatic rings. The van der Waals surface area contributed by atoms with Crippen molar-refractivity contribution in [1.82, 2.24) is 4.90 Å². The molecule has 1 atom stereocenters. The van der Waals surface area contributed by atoms with Crippen LogP contribution >= 0.6 is 0 Å². The third-order valence-electron chi connectivity index (χ3n) is 3.66. The van der Waals surface area contributed by atoms with Crippen molar-refractivity contribution >= 4 is 0 Å². The molecule has 0 radical (unpaired) electrons. The highest BCUT2D eigenvalue weighted by Gasteiger charge is 2.29. The molecule has 1 aromatic carbocycles. The largest absolute Gasteiger partial charge is 0.497 e. The average molecular weight is 276 g/mol. The molecule has 0 saturated carbocycles. The molecule has 0 amide bonds. The molecular formula is C17H28N2O. The number of likely N-dealkylation sites (N-methyl/N-ethyl adjacent to an activating group) is 1. The van der Waals surface area contributed by atoms with E-state index >= 15 is 0 Å². The van der Waals surface area contributed by atoms with Gasteiger partial charge in [-0.3, -0.25) is 0 Å². The predicted octanol–water partition coefficient (Wildman–Crippen LogP) is 3.16. The minimum Gasteiger partial charge on any atom is -0.497 e. The van der Waals surface area contributed by atoms with E-state index in [0.717, 1.165) is 42.9 Å². The van der Waals surface area contributed by atoms with Crippen molar-refractivity contribution in [3.05, 3.63) is 42.0 Å². The molecule has 0 saturated heterocycles. The van der Waals surface area contributed by atoms with Crippen LogP contribution in [0.5, 0.6) is 5.75 Å². The fourth-order valence-corrected chi connectivity index (χ4v) is 2.57. The van der Waals surface area contributed by atoms with E-state index < -0.39 is 5.54 Å². The zero-order valence-electron chi connectivity index (χ0n) is 13.3. The maximum atomic E-state index is 6.74. The molecule has 3 nitrogen and oxygen atoms in total. The Labute approximate surface area is 123 Å². The number of methoxy groups -OCH3 is 1. The van der Waals surface area contributed by atoms with Crippen molar-refractivity contribution in [1.29, 1.82) is 0 Å². The van der Waals surface area contributed by atoms with E-state index in [1.165, 1.54) is 0 Å². The Balaban J connectivity index is 3.11. The number of rotatable bonds is 8. The molecule has 2 N–H and O–H groups in total. The molecule has 0 aliphatic heterocycles. The van der Waals surface area contributed by atoms with Crippen LogP contribution < -0.4 is 10.5 Å². The van der Waals surface area contributed by atoms with E-state index in [1.54, 1.807) is 7.11 Å². The van der Waals surface area contributed by atoms with E-state index in [0.29, 0.717) is 0 Å². The molecule has 0 aliphatic carbocycles. The smallest absolute Gasteiger partial charge is 0.119 e. The Morgan fingerprint density at radius 3 is 2.50 bits per heavy atom. The highest BCUT2D eigenvalue weighted by molar-refractivity contribution is 5.34. The maximum absolute atomic E-state index is 6.74. The lowest BCUT2D eigenvalue weighted by Crippen LogP contribution is -2.47. The number of hydrogen-bond donors (Lipinski definition) is 1. The lowest BCUT2D eigenvalue weighted by molar-refractivity contribution is 0.224. The Bertz CT molecular complexity index is 440. The number of ether oxygens (including phenoxy) is 1. The van der Waals surface area contributed by atoms with Gasteiger partial charge in [-0.1, -0.05) is 31.6 Å². The lowest BCUT2D eigenvalue weighted by atomic mass is 9.84. The van der Waals surface area contributed by atoms with Crippen LogP contribution in [0.25, 0.3) is 0 Å². The summed E-state index contributed by atoms with van der Waals surface area (Å²) in [5.74, 6) is 0.846. The SMILES string of the molecule is C=C(C)CC(N)(CN(CC)CC)c1cccc(OC)c1. The summed E-state index contributed by atoms with van der Waals surface area (Å²) in [6, 6.07) is 8.06. The van der Waals surface area contributed by atoms with Gasteiger partial charge >= 0.3 is 0 Å². The van der Waals surface area contributed by atoms with Gasteiger partial charge in [0.2, 0.25) is 0 Å². The van der Waals surface area contributed by atoms with Crippen LogP contribution in [-0.4, -0.2) is 31.6 Å². The quantitative estimate of drug-likeness (QED) is 0.741. The van der Waals surface area contributed by atoms with Gasteiger partial charge in [0, 0.05) is 6.54 Å². The standard InChI is InChI=1S/C17H28N2O/c1-6-19(7-2)13-17(18,12-14(3)4)15-9-8-10-16(11-15)20-5/h8-11H,3,6-7,12-13,18H2,1-2,4-5H3. The highest BCUT2D eigenvalue weighted by Crippen LogP contribution is 2.29. The molecule has 0 aromatic heterocycles. The summed E-state index contributed by atoms with van der Waals surface area (Å²) in [5.41, 5.74) is 8.52. The van der Waals surface area contributed by atoms with E-state index in [-0.39, 0.29) is 0 Å². The summed E-state index contributed by atoms with van der Waals surface area (Å²) in [5, 5.41) is 0. The highest BCUT2D eigenvalue weighted by atomic mass is 16.5. The van der Waals surface area contributed by atoms with Crippen molar-refractivity contribution in [2.24, 2.45) is 5.73 Å². The summed E-state index contributed by atoms with van der Waals surface area (Å²) < 4.78 is 5.32. The van der Waals surface area contributed by atoms with Crippen molar-refractivity contribution in [3.8, 4) is 5.75 Å². The van der Waals surface area contributed by atoms with Gasteiger partial charge in [0.15, 0.2) is 0 Å². The first-order valence-electron chi connectivity index (χ1n) is 7.25. The van der Waals surface area contributed by atoms with Crippen molar-refractivity contribution in [2.45, 2.75) is 32.7 Å². The van der Waals surface area contributed by atoms with Crippen molar-refractivity contribution < 1.29 is 4.74 Å². The fourth-order valence-electron chi connectivity index (χ4n) is 2.57. The Morgan fingerprint density at radius 2 is 2.00 bits per heavy atom. The zero-order chi connectivity index (χ0) is 15.2. The molecule has 112 valence electrons. The van der Waals surface area contributed by atoms with Gasteiger partial charge in [-0.25, -0.2) is 0 Å². The second-order valence-corrected chi connectivity index (χ2v) is 5.48. The first-order chi connectivity index (χ1) is 9.45. The van der Waals surface area contributed by atoms with Crippen LogP contribution in [0.1, 0.15) is 32.8 Å². The van der Waals surface area contributed by atoms with E-state index in [1.807, 2.05) is 25.1 Å². The van der Waals surface area contributed by atoms with Gasteiger partial charge in [-0.2, -0.15) is 0 Å². The topological polar surface area (TPSA) is 38.5 Å². The maximum Gasteiger partial charge on any atom is 0.119 e. The third-order valence-corrected chi connectivity index (χ3v) is 3.66. The van der Waals surface area contributed by atoms with Gasteiger partial charge in [0.25, 0.3) is 0 Å². The zero-order valence-corrected chi connectivity index (χ0v) is 13.3. The molecular weight excluding hydrogens is 248 g/mol. The minimum absolute atomic E-state index is 0.424. The van der Waals surface area contributed by atoms with Crippen LogP contribution in [0.15, 0.2) is 36.4 Å². The van der Waals surface area contributed by atoms with E-state index in [4.69, 9.17) is 10.5 Å². The minimum atomic E-state index is -0.424. The lowest BCUT2D eigenvalue weighted by Gasteiger charge is -2.35. The van der Waals surface area contributed by atoms with Gasteiger partial charge in [0.05, 0.1) is 12.6 Å². The number of benzene rings is 1. The normalized spacial score (nSPS) is 14.1. The van der Waals surface area contributed by atoms with Gasteiger partial charge in [-0.15, -0.1) is 6.58 Å². The number of hydrogen-bond acceptors (Lipinski definition) is 3. The molecule has 0 spiro atoms. The Kier molecular flexibility index (Phi) is 6.24. The van der Waals surface area contributed by atoms with Gasteiger partial charge in [0.1, 0.15) is 5.75 Å². The number of nitrogens with two attached hydrogens (primary N) is 1. The van der Waals surface area contributed by atoms with Crippen molar-refractivity contribution in [3.63, 3.8) is 0 Å². The fraction of sp³-hybridized carbons (Fsp3) is 0.529. The van der Waals surface area contributed by atoms with Crippen molar-refractivity contribution in [2.75, 3.05) is 26.7 Å². The molecule has 1 unspecified atom stereocenters. The molecule has 0 bridgehead atoms. The molecule has 1 rings (SSSR count). The molecule has 0 fully saturated rings. The molecule has 0 heterocycles. The molecule has 3 heteroatoms. The summed E-state index contributed by atoms with van der Waals surface area (Å²) in [4.78, 5) is 2.35. The van der Waals surface area contributed by atoms with Crippen LogP contribution in [0, 0.1) is 0 Å². The average Bonchev–Trinajstić information content (AvgIpc) is 2.44. The van der Waals surface area contributed by atoms with Crippen LogP contribution in [-0.2, 0) is 5.54 Å². The van der Waals surface area contributed by atoms with Crippen LogP contribution in [0.4, 0.5) is 0 Å². The second-order valence-electron chi connectivity index (χ2n) is 5.48.